The first-order valence-corrected chi connectivity index (χ1v) is 24.4. The maximum Gasteiger partial charge on any atom is 0.142 e. The molecule has 3 aliphatic rings. The van der Waals surface area contributed by atoms with E-state index >= 15 is 0 Å². The van der Waals surface area contributed by atoms with Gasteiger partial charge in [-0.2, -0.15) is 5.26 Å². The van der Waals surface area contributed by atoms with Crippen molar-refractivity contribution in [2.24, 2.45) is 15.4 Å². The van der Waals surface area contributed by atoms with Crippen LogP contribution in [-0.2, 0) is 25.7 Å². The van der Waals surface area contributed by atoms with Gasteiger partial charge in [-0.3, -0.25) is 0 Å². The van der Waals surface area contributed by atoms with Gasteiger partial charge in [0.1, 0.15) is 5.41 Å². The normalized spacial score (nSPS) is 20.0. The molecule has 324 valence electrons. The molecular formula is C57H71N5. The fraction of sp³-hybridized carbons (Fsp3) is 0.456. The molecular weight excluding hydrogens is 755 g/mol. The summed E-state index contributed by atoms with van der Waals surface area (Å²) in [6, 6.07) is 25.0. The second kappa shape index (κ2) is 19.5. The summed E-state index contributed by atoms with van der Waals surface area (Å²) in [6.07, 6.45) is 12.8. The van der Waals surface area contributed by atoms with Crippen LogP contribution in [0.25, 0.3) is 11.1 Å². The average Bonchev–Trinajstić information content (AvgIpc) is 4.08. The molecule has 0 aliphatic carbocycles. The topological polar surface area (TPSA) is 80.1 Å². The quantitative estimate of drug-likeness (QED) is 0.116. The van der Waals surface area contributed by atoms with Crippen molar-refractivity contribution >= 4 is 22.6 Å². The Morgan fingerprint density at radius 2 is 0.919 bits per heavy atom. The van der Waals surface area contributed by atoms with Crippen molar-refractivity contribution in [1.82, 2.24) is 9.97 Å². The lowest BCUT2D eigenvalue weighted by molar-refractivity contribution is 0.599. The molecule has 0 spiro atoms. The number of H-pyrrole nitrogens is 2. The minimum Gasteiger partial charge on any atom is -0.357 e. The summed E-state index contributed by atoms with van der Waals surface area (Å²) in [5.74, 6) is 0.153. The fourth-order valence-corrected chi connectivity index (χ4v) is 11.3. The number of hydrogen-bond donors (Lipinski definition) is 2. The number of rotatable bonds is 16. The number of aromatic amines is 2. The molecule has 62 heavy (non-hydrogen) atoms. The number of nitrogens with zero attached hydrogens (tertiary/aromatic N) is 3. The van der Waals surface area contributed by atoms with Crippen LogP contribution in [0.1, 0.15) is 196 Å². The molecule has 5 heteroatoms. The van der Waals surface area contributed by atoms with E-state index < -0.39 is 5.41 Å². The van der Waals surface area contributed by atoms with E-state index in [9.17, 15) is 5.26 Å². The number of aromatic nitrogens is 2. The van der Waals surface area contributed by atoms with Crippen LogP contribution in [0.3, 0.4) is 0 Å². The highest BCUT2D eigenvalue weighted by Gasteiger charge is 2.49. The Bertz CT molecular complexity index is 2360. The third-order valence-corrected chi connectivity index (χ3v) is 14.2. The summed E-state index contributed by atoms with van der Waals surface area (Å²) < 4.78 is 0. The third-order valence-electron chi connectivity index (χ3n) is 14.2. The van der Waals surface area contributed by atoms with Gasteiger partial charge in [0.05, 0.1) is 40.3 Å². The fourth-order valence-electron chi connectivity index (χ4n) is 11.3. The van der Waals surface area contributed by atoms with Crippen molar-refractivity contribution < 1.29 is 0 Å². The molecule has 0 saturated heterocycles. The molecule has 0 fully saturated rings. The number of benzene rings is 2. The Morgan fingerprint density at radius 3 is 1.26 bits per heavy atom. The van der Waals surface area contributed by atoms with Gasteiger partial charge in [0.15, 0.2) is 0 Å². The van der Waals surface area contributed by atoms with Crippen molar-refractivity contribution in [1.29, 1.82) is 5.26 Å². The number of hydrogen-bond acceptors (Lipinski definition) is 3. The molecule has 0 radical (unpaired) electrons. The summed E-state index contributed by atoms with van der Waals surface area (Å²) in [4.78, 5) is 20.4. The van der Waals surface area contributed by atoms with Crippen LogP contribution in [0, 0.1) is 16.7 Å². The van der Waals surface area contributed by atoms with Crippen LogP contribution in [0.4, 0.5) is 0 Å². The summed E-state index contributed by atoms with van der Waals surface area (Å²) >= 11 is 0. The number of unbranched alkanes of at least 4 members (excludes halogenated alkanes) is 2. The molecule has 5 heterocycles. The molecule has 0 amide bonds. The summed E-state index contributed by atoms with van der Waals surface area (Å²) in [6.45, 7) is 23.0. The van der Waals surface area contributed by atoms with Crippen molar-refractivity contribution in [3.05, 3.63) is 151 Å². The van der Waals surface area contributed by atoms with Crippen LogP contribution in [0.5, 0.6) is 0 Å². The second-order valence-electron chi connectivity index (χ2n) is 17.4. The predicted molar refractivity (Wildman–Crippen MR) is 263 cm³/mol. The predicted octanol–water partition coefficient (Wildman–Crippen LogP) is 15.3. The first-order valence-electron chi connectivity index (χ1n) is 24.4. The lowest BCUT2D eigenvalue weighted by Gasteiger charge is -2.30. The standard InChI is InChI=1S/C57H71N5/c1-11-21-33-46-49-38(13-3)40(15-5)51(59-49)47(36-29-25-23-26-30-36)53-42(17-7)44(19-9)55(61-53)57(35-58,34-22-12-2)56-45(20-10)43(18-8)54(62-56)48(37-31-27-24-28-32-37)52-41(16-6)39(14-4)50(46)60-52/h23-32,46,59-60H,11-22,33-34H2,1-10H3/b53-47-,54-48?. The first kappa shape index (κ1) is 44.8. The lowest BCUT2D eigenvalue weighted by atomic mass is 9.69. The highest BCUT2D eigenvalue weighted by Crippen LogP contribution is 2.51. The zero-order valence-corrected chi connectivity index (χ0v) is 39.6. The number of aliphatic imine (C=N–C) groups is 2. The van der Waals surface area contributed by atoms with Crippen LogP contribution >= 0.6 is 0 Å². The number of nitrogens with one attached hydrogen (secondary N) is 2. The molecule has 3 aliphatic heterocycles. The Labute approximate surface area is 373 Å². The van der Waals surface area contributed by atoms with Crippen molar-refractivity contribution in [2.75, 3.05) is 0 Å². The van der Waals surface area contributed by atoms with Gasteiger partial charge in [-0.05, 0) is 120 Å². The van der Waals surface area contributed by atoms with Gasteiger partial charge in [-0.25, -0.2) is 9.98 Å². The summed E-state index contributed by atoms with van der Waals surface area (Å²) in [5.41, 5.74) is 23.1. The molecule has 2 atom stereocenters. The highest BCUT2D eigenvalue weighted by molar-refractivity contribution is 6.29. The Morgan fingerprint density at radius 1 is 0.516 bits per heavy atom. The number of fused-ring (bicyclic) bond motifs is 6. The van der Waals surface area contributed by atoms with Gasteiger partial charge >= 0.3 is 0 Å². The van der Waals surface area contributed by atoms with Gasteiger partial charge < -0.3 is 9.97 Å². The van der Waals surface area contributed by atoms with E-state index in [4.69, 9.17) is 9.98 Å². The van der Waals surface area contributed by atoms with Gasteiger partial charge in [0.25, 0.3) is 0 Å². The Kier molecular flexibility index (Phi) is 14.1. The summed E-state index contributed by atoms with van der Waals surface area (Å²) in [7, 11) is 0. The monoisotopic (exact) mass is 826 g/mol. The SMILES string of the molecule is CCCCC1c2[nH]c(c(CC)c2CC)C(c2ccccc2)=C2N=C(C(CC)=C2CC)C(C#N)(CCCC)C2=N/C(=C(/c3ccccc3)c3[nH]c1c(CC)c3CC)C(CC)=C2CC. The zero-order chi connectivity index (χ0) is 44.1. The van der Waals surface area contributed by atoms with Crippen LogP contribution in [-0.4, -0.2) is 21.4 Å². The average molecular weight is 826 g/mol. The molecule has 2 N–H and O–H groups in total. The summed E-state index contributed by atoms with van der Waals surface area (Å²) in [5, 5.41) is 12.1. The van der Waals surface area contributed by atoms with E-state index in [1.165, 1.54) is 67.3 Å². The van der Waals surface area contributed by atoms with Crippen LogP contribution < -0.4 is 0 Å². The smallest absolute Gasteiger partial charge is 0.142 e. The number of allylic oxidation sites excluding steroid dienone is 4. The molecule has 7 rings (SSSR count). The second-order valence-corrected chi connectivity index (χ2v) is 17.4. The third kappa shape index (κ3) is 7.36. The van der Waals surface area contributed by atoms with E-state index in [1.54, 1.807) is 0 Å². The van der Waals surface area contributed by atoms with Crippen LogP contribution in [0.15, 0.2) is 104 Å². The highest BCUT2D eigenvalue weighted by atomic mass is 14.9. The minimum absolute atomic E-state index is 0.153. The molecule has 2 unspecified atom stereocenters. The van der Waals surface area contributed by atoms with E-state index in [1.807, 2.05) is 0 Å². The molecule has 2 aromatic carbocycles. The minimum atomic E-state index is -1.03. The Hall–Kier alpha value is -5.21. The first-order chi connectivity index (χ1) is 30.3. The molecule has 0 saturated carbocycles. The van der Waals surface area contributed by atoms with Crippen molar-refractivity contribution in [3.8, 4) is 6.07 Å². The zero-order valence-electron chi connectivity index (χ0n) is 39.6. The maximum atomic E-state index is 12.1. The van der Waals surface area contributed by atoms with E-state index in [-0.39, 0.29) is 5.92 Å². The van der Waals surface area contributed by atoms with Crippen LogP contribution in [0.2, 0.25) is 0 Å². The van der Waals surface area contributed by atoms with Gasteiger partial charge in [-0.1, -0.05) is 156 Å². The van der Waals surface area contributed by atoms with E-state index in [0.717, 1.165) is 129 Å². The molecule has 2 aromatic heterocycles. The Balaban J connectivity index is 1.79. The molecule has 8 bridgehead atoms. The van der Waals surface area contributed by atoms with Gasteiger partial charge in [0, 0.05) is 28.5 Å². The van der Waals surface area contributed by atoms with Gasteiger partial charge in [0.2, 0.25) is 0 Å². The van der Waals surface area contributed by atoms with Gasteiger partial charge in [-0.15, -0.1) is 0 Å². The largest absolute Gasteiger partial charge is 0.357 e. The lowest BCUT2D eigenvalue weighted by Crippen LogP contribution is -2.39. The van der Waals surface area contributed by atoms with Crippen molar-refractivity contribution in [3.63, 3.8) is 0 Å². The molecule has 5 nitrogen and oxygen atoms in total. The number of nitriles is 1. The molecule has 4 aromatic rings. The maximum absolute atomic E-state index is 12.1. The van der Waals surface area contributed by atoms with E-state index in [0.29, 0.717) is 6.42 Å². The van der Waals surface area contributed by atoms with Crippen molar-refractivity contribution in [2.45, 2.75) is 165 Å². The van der Waals surface area contributed by atoms with E-state index in [2.05, 4.69) is 146 Å².